The average molecular weight is 454 g/mol. The Bertz CT molecular complexity index is 1420. The van der Waals surface area contributed by atoms with Crippen molar-refractivity contribution in [3.8, 4) is 5.75 Å². The van der Waals surface area contributed by atoms with Crippen molar-refractivity contribution in [1.29, 1.82) is 0 Å². The first-order valence-corrected chi connectivity index (χ1v) is 11.7. The van der Waals surface area contributed by atoms with Crippen molar-refractivity contribution < 1.29 is 13.9 Å². The van der Waals surface area contributed by atoms with E-state index in [1.807, 2.05) is 67.6 Å². The first-order valence-electron chi connectivity index (χ1n) is 11.7. The lowest BCUT2D eigenvalue weighted by Gasteiger charge is -2.25. The number of nitrogens with zero attached hydrogens (tertiary/aromatic N) is 1. The highest BCUT2D eigenvalue weighted by Crippen LogP contribution is 2.41. The van der Waals surface area contributed by atoms with Gasteiger partial charge in [0.2, 0.25) is 5.76 Å². The van der Waals surface area contributed by atoms with Crippen LogP contribution in [0.2, 0.25) is 0 Å². The van der Waals surface area contributed by atoms with E-state index >= 15 is 0 Å². The lowest BCUT2D eigenvalue weighted by Crippen LogP contribution is -2.29. The zero-order chi connectivity index (χ0) is 23.8. The van der Waals surface area contributed by atoms with Crippen LogP contribution in [0.15, 0.2) is 75.9 Å². The van der Waals surface area contributed by atoms with E-state index in [4.69, 9.17) is 9.15 Å². The summed E-state index contributed by atoms with van der Waals surface area (Å²) in [6, 6.07) is 20.4. The molecule has 1 aromatic heterocycles. The van der Waals surface area contributed by atoms with E-state index < -0.39 is 6.04 Å². The molecule has 0 aliphatic carbocycles. The molecule has 0 spiro atoms. The summed E-state index contributed by atoms with van der Waals surface area (Å²) in [5.41, 5.74) is 4.33. The van der Waals surface area contributed by atoms with E-state index in [1.165, 1.54) is 5.56 Å². The molecule has 0 saturated carbocycles. The maximum Gasteiger partial charge on any atom is 0.295 e. The fourth-order valence-corrected chi connectivity index (χ4v) is 4.53. The molecule has 1 atom stereocenters. The zero-order valence-corrected chi connectivity index (χ0v) is 19.6. The van der Waals surface area contributed by atoms with Crippen LogP contribution in [0.25, 0.3) is 11.0 Å². The summed E-state index contributed by atoms with van der Waals surface area (Å²) in [6.45, 7) is 6.72. The Balaban J connectivity index is 1.70. The first-order chi connectivity index (χ1) is 16.5. The monoisotopic (exact) mass is 453 g/mol. The summed E-state index contributed by atoms with van der Waals surface area (Å²) < 4.78 is 11.8. The minimum absolute atomic E-state index is 0.109. The van der Waals surface area contributed by atoms with Crippen LogP contribution in [0, 0.1) is 6.92 Å². The van der Waals surface area contributed by atoms with E-state index in [0.717, 1.165) is 35.4 Å². The predicted octanol–water partition coefficient (Wildman–Crippen LogP) is 6.20. The molecule has 1 unspecified atom stereocenters. The van der Waals surface area contributed by atoms with Gasteiger partial charge in [0.05, 0.1) is 23.6 Å². The molecule has 3 aromatic carbocycles. The van der Waals surface area contributed by atoms with Crippen LogP contribution in [0.1, 0.15) is 59.1 Å². The molecule has 1 amide bonds. The lowest BCUT2D eigenvalue weighted by molar-refractivity contribution is 0.0971. The van der Waals surface area contributed by atoms with Gasteiger partial charge in [-0.05, 0) is 67.3 Å². The number of hydrogen-bond acceptors (Lipinski definition) is 4. The predicted molar refractivity (Wildman–Crippen MR) is 134 cm³/mol. The summed E-state index contributed by atoms with van der Waals surface area (Å²) in [4.78, 5) is 29.1. The third kappa shape index (κ3) is 3.67. The van der Waals surface area contributed by atoms with Crippen molar-refractivity contribution in [3.63, 3.8) is 0 Å². The molecule has 34 heavy (non-hydrogen) atoms. The number of fused-ring (bicyclic) bond motifs is 2. The summed E-state index contributed by atoms with van der Waals surface area (Å²) in [6.07, 6.45) is 1.82. The van der Waals surface area contributed by atoms with Gasteiger partial charge in [-0.25, -0.2) is 0 Å². The maximum atomic E-state index is 13.7. The number of carbonyl (C=O) groups excluding carboxylic acids is 1. The Morgan fingerprint density at radius 3 is 2.35 bits per heavy atom. The SMILES string of the molecule is CCCOc1ccc(C2c3c(oc4ccc(C)cc4c3=O)C(=O)N2c2ccc(CC)cc2)cc1. The second-order valence-electron chi connectivity index (χ2n) is 8.69. The molecule has 0 fully saturated rings. The number of rotatable bonds is 6. The number of carbonyl (C=O) groups is 1. The Morgan fingerprint density at radius 2 is 1.68 bits per heavy atom. The molecule has 5 nitrogen and oxygen atoms in total. The van der Waals surface area contributed by atoms with E-state index in [2.05, 4.69) is 13.8 Å². The standard InChI is InChI=1S/C29H27NO4/c1-4-16-33-22-13-9-20(10-14-22)26-25-27(31)23-17-18(3)6-15-24(23)34-28(25)29(32)30(26)21-11-7-19(5-2)8-12-21/h6-15,17,26H,4-5,16H2,1-3H3. The van der Waals surface area contributed by atoms with E-state index in [0.29, 0.717) is 23.1 Å². The van der Waals surface area contributed by atoms with Gasteiger partial charge in [-0.2, -0.15) is 0 Å². The molecular formula is C29H27NO4. The van der Waals surface area contributed by atoms with Crippen LogP contribution in [0.5, 0.6) is 5.75 Å². The van der Waals surface area contributed by atoms with Crippen molar-refractivity contribution in [1.82, 2.24) is 0 Å². The Morgan fingerprint density at radius 1 is 0.941 bits per heavy atom. The number of amides is 1. The second-order valence-corrected chi connectivity index (χ2v) is 8.69. The fourth-order valence-electron chi connectivity index (χ4n) is 4.53. The van der Waals surface area contributed by atoms with Gasteiger partial charge in [-0.15, -0.1) is 0 Å². The minimum atomic E-state index is -0.587. The highest BCUT2D eigenvalue weighted by Gasteiger charge is 2.43. The average Bonchev–Trinajstić information content (AvgIpc) is 3.16. The van der Waals surface area contributed by atoms with Crippen molar-refractivity contribution in [2.45, 2.75) is 39.7 Å². The van der Waals surface area contributed by atoms with Gasteiger partial charge in [0.15, 0.2) is 5.43 Å². The summed E-state index contributed by atoms with van der Waals surface area (Å²) in [5.74, 6) is 0.558. The van der Waals surface area contributed by atoms with Crippen LogP contribution < -0.4 is 15.1 Å². The maximum absolute atomic E-state index is 13.7. The van der Waals surface area contributed by atoms with Gasteiger partial charge < -0.3 is 9.15 Å². The largest absolute Gasteiger partial charge is 0.494 e. The molecule has 0 saturated heterocycles. The normalized spacial score (nSPS) is 15.1. The Labute approximate surface area is 198 Å². The van der Waals surface area contributed by atoms with Crippen LogP contribution in [-0.2, 0) is 6.42 Å². The van der Waals surface area contributed by atoms with Crippen molar-refractivity contribution >= 4 is 22.6 Å². The molecule has 5 heteroatoms. The number of benzene rings is 3. The molecule has 5 rings (SSSR count). The van der Waals surface area contributed by atoms with Gasteiger partial charge in [-0.3, -0.25) is 14.5 Å². The molecule has 0 N–H and O–H groups in total. The molecule has 172 valence electrons. The minimum Gasteiger partial charge on any atom is -0.494 e. The van der Waals surface area contributed by atoms with E-state index in [-0.39, 0.29) is 17.1 Å². The van der Waals surface area contributed by atoms with Crippen LogP contribution in [0.4, 0.5) is 5.69 Å². The van der Waals surface area contributed by atoms with Gasteiger partial charge in [0.25, 0.3) is 5.91 Å². The van der Waals surface area contributed by atoms with Crippen LogP contribution in [-0.4, -0.2) is 12.5 Å². The Hall–Kier alpha value is -3.86. The molecule has 0 radical (unpaired) electrons. The summed E-state index contributed by atoms with van der Waals surface area (Å²) in [5, 5.41) is 0.489. The second kappa shape index (κ2) is 8.82. The van der Waals surface area contributed by atoms with Gasteiger partial charge in [0, 0.05) is 5.69 Å². The van der Waals surface area contributed by atoms with Gasteiger partial charge >= 0.3 is 0 Å². The molecule has 2 heterocycles. The van der Waals surface area contributed by atoms with E-state index in [9.17, 15) is 9.59 Å². The van der Waals surface area contributed by atoms with Gasteiger partial charge in [-0.1, -0.05) is 49.7 Å². The third-order valence-corrected chi connectivity index (χ3v) is 6.32. The quantitative estimate of drug-likeness (QED) is 0.349. The molecule has 1 aliphatic heterocycles. The highest BCUT2D eigenvalue weighted by molar-refractivity contribution is 6.10. The molecule has 1 aliphatic rings. The van der Waals surface area contributed by atoms with Crippen LogP contribution in [0.3, 0.4) is 0 Å². The Kier molecular flexibility index (Phi) is 5.70. The lowest BCUT2D eigenvalue weighted by atomic mass is 9.97. The van der Waals surface area contributed by atoms with Gasteiger partial charge in [0.1, 0.15) is 11.3 Å². The topological polar surface area (TPSA) is 59.8 Å². The number of ether oxygens (including phenoxy) is 1. The smallest absolute Gasteiger partial charge is 0.295 e. The van der Waals surface area contributed by atoms with Crippen LogP contribution >= 0.6 is 0 Å². The van der Waals surface area contributed by atoms with E-state index in [1.54, 1.807) is 11.0 Å². The first kappa shape index (κ1) is 22.0. The molecule has 0 bridgehead atoms. The number of hydrogen-bond donors (Lipinski definition) is 0. The van der Waals surface area contributed by atoms with Crippen molar-refractivity contribution in [3.05, 3.63) is 105 Å². The molecular weight excluding hydrogens is 426 g/mol. The summed E-state index contributed by atoms with van der Waals surface area (Å²) in [7, 11) is 0. The fraction of sp³-hybridized carbons (Fsp3) is 0.241. The van der Waals surface area contributed by atoms with Crippen molar-refractivity contribution in [2.24, 2.45) is 0 Å². The summed E-state index contributed by atoms with van der Waals surface area (Å²) >= 11 is 0. The third-order valence-electron chi connectivity index (χ3n) is 6.32. The molecule has 4 aromatic rings. The van der Waals surface area contributed by atoms with Crippen molar-refractivity contribution in [2.75, 3.05) is 11.5 Å². The number of anilines is 1. The highest BCUT2D eigenvalue weighted by atomic mass is 16.5. The zero-order valence-electron chi connectivity index (χ0n) is 19.6. The number of aryl methyl sites for hydroxylation is 2.